The Labute approximate surface area is 83.3 Å². The molecule has 0 fully saturated rings. The lowest BCUT2D eigenvalue weighted by molar-refractivity contribution is 0.403. The van der Waals surface area contributed by atoms with E-state index in [1.807, 2.05) is 7.11 Å². The van der Waals surface area contributed by atoms with Gasteiger partial charge in [-0.05, 0) is 51.2 Å². The van der Waals surface area contributed by atoms with Crippen LogP contribution in [-0.2, 0) is 4.43 Å². The van der Waals surface area contributed by atoms with E-state index in [1.54, 1.807) is 5.57 Å². The summed E-state index contributed by atoms with van der Waals surface area (Å²) in [6.45, 7) is 4.60. The molecule has 1 aliphatic rings. The minimum atomic E-state index is -1.30. The molecule has 0 unspecified atom stereocenters. The zero-order valence-corrected chi connectivity index (χ0v) is 10.2. The molecule has 0 spiro atoms. The molecule has 1 aliphatic carbocycles. The fourth-order valence-electron chi connectivity index (χ4n) is 1.70. The van der Waals surface area contributed by atoms with Gasteiger partial charge < -0.3 is 4.43 Å². The molecule has 1 nitrogen and oxygen atoms in total. The van der Waals surface area contributed by atoms with E-state index >= 15 is 0 Å². The molecule has 0 bridgehead atoms. The minimum absolute atomic E-state index is 1.28. The van der Waals surface area contributed by atoms with Crippen LogP contribution in [0.5, 0.6) is 0 Å². The summed E-state index contributed by atoms with van der Waals surface area (Å²) in [7, 11) is 0.560. The van der Waals surface area contributed by atoms with E-state index in [0.717, 1.165) is 0 Å². The monoisotopic (exact) mass is 198 g/mol. The van der Waals surface area contributed by atoms with Gasteiger partial charge in [0.05, 0.1) is 0 Å². The van der Waals surface area contributed by atoms with Gasteiger partial charge in [-0.2, -0.15) is 0 Å². The third-order valence-corrected chi connectivity index (χ3v) is 5.55. The Kier molecular flexibility index (Phi) is 4.20. The van der Waals surface area contributed by atoms with Crippen LogP contribution in [0.15, 0.2) is 11.6 Å². The fourth-order valence-corrected chi connectivity index (χ4v) is 2.82. The first-order chi connectivity index (χ1) is 6.14. The second-order valence-corrected chi connectivity index (χ2v) is 9.00. The van der Waals surface area contributed by atoms with Crippen LogP contribution in [0.4, 0.5) is 0 Å². The SMILES string of the molecule is CO[Si](C)(C)CCC1=CCCCC1. The molecule has 0 aromatic carbocycles. The molecule has 2 heteroatoms. The number of hydrogen-bond acceptors (Lipinski definition) is 1. The van der Waals surface area contributed by atoms with Gasteiger partial charge in [-0.15, -0.1) is 0 Å². The van der Waals surface area contributed by atoms with Gasteiger partial charge in [-0.3, -0.25) is 0 Å². The maximum atomic E-state index is 5.54. The second-order valence-electron chi connectivity index (χ2n) is 4.57. The predicted molar refractivity (Wildman–Crippen MR) is 60.5 cm³/mol. The van der Waals surface area contributed by atoms with Crippen molar-refractivity contribution in [1.29, 1.82) is 0 Å². The molecule has 13 heavy (non-hydrogen) atoms. The average molecular weight is 198 g/mol. The van der Waals surface area contributed by atoms with Crippen molar-refractivity contribution < 1.29 is 4.43 Å². The van der Waals surface area contributed by atoms with Gasteiger partial charge in [-0.1, -0.05) is 11.6 Å². The van der Waals surface area contributed by atoms with Crippen molar-refractivity contribution in [2.75, 3.05) is 7.11 Å². The Balaban J connectivity index is 2.29. The quantitative estimate of drug-likeness (QED) is 0.494. The summed E-state index contributed by atoms with van der Waals surface area (Å²) in [5.41, 5.74) is 1.68. The molecular formula is C11H22OSi. The Morgan fingerprint density at radius 2 is 2.15 bits per heavy atom. The maximum Gasteiger partial charge on any atom is 0.186 e. The third kappa shape index (κ3) is 4.10. The number of hydrogen-bond donors (Lipinski definition) is 0. The van der Waals surface area contributed by atoms with E-state index in [-0.39, 0.29) is 0 Å². The largest absolute Gasteiger partial charge is 0.420 e. The Morgan fingerprint density at radius 1 is 1.38 bits per heavy atom. The highest BCUT2D eigenvalue weighted by atomic mass is 28.4. The summed E-state index contributed by atoms with van der Waals surface area (Å²) in [5.74, 6) is 0. The minimum Gasteiger partial charge on any atom is -0.420 e. The van der Waals surface area contributed by atoms with Gasteiger partial charge in [0.1, 0.15) is 0 Å². The summed E-state index contributed by atoms with van der Waals surface area (Å²) in [6.07, 6.45) is 9.19. The Morgan fingerprint density at radius 3 is 2.69 bits per heavy atom. The summed E-state index contributed by atoms with van der Waals surface area (Å²) in [5, 5.41) is 0. The molecule has 0 N–H and O–H groups in total. The highest BCUT2D eigenvalue weighted by Crippen LogP contribution is 2.24. The Hall–Kier alpha value is -0.0831. The van der Waals surface area contributed by atoms with E-state index < -0.39 is 8.32 Å². The number of allylic oxidation sites excluding steroid dienone is 2. The lowest BCUT2D eigenvalue weighted by atomic mass is 9.98. The topological polar surface area (TPSA) is 9.23 Å². The molecule has 0 atom stereocenters. The van der Waals surface area contributed by atoms with Gasteiger partial charge >= 0.3 is 0 Å². The van der Waals surface area contributed by atoms with Crippen molar-refractivity contribution in [3.05, 3.63) is 11.6 Å². The zero-order valence-electron chi connectivity index (χ0n) is 9.23. The van der Waals surface area contributed by atoms with Crippen LogP contribution in [0.3, 0.4) is 0 Å². The Bertz CT molecular complexity index is 185. The molecule has 0 aromatic rings. The lowest BCUT2D eigenvalue weighted by Gasteiger charge is -2.21. The summed E-state index contributed by atoms with van der Waals surface area (Å²) < 4.78 is 5.54. The fraction of sp³-hybridized carbons (Fsp3) is 0.818. The van der Waals surface area contributed by atoms with E-state index in [9.17, 15) is 0 Å². The van der Waals surface area contributed by atoms with Crippen molar-refractivity contribution in [2.45, 2.75) is 51.2 Å². The first kappa shape index (κ1) is 11.0. The lowest BCUT2D eigenvalue weighted by Crippen LogP contribution is -2.28. The van der Waals surface area contributed by atoms with Crippen LogP contribution in [0.1, 0.15) is 32.1 Å². The average Bonchev–Trinajstić information content (AvgIpc) is 2.17. The smallest absolute Gasteiger partial charge is 0.186 e. The molecule has 0 heterocycles. The molecule has 0 aromatic heterocycles. The summed E-state index contributed by atoms with van der Waals surface area (Å²) >= 11 is 0. The van der Waals surface area contributed by atoms with E-state index in [4.69, 9.17) is 4.43 Å². The predicted octanol–water partition coefficient (Wildman–Crippen LogP) is 3.73. The summed E-state index contributed by atoms with van der Waals surface area (Å²) in [4.78, 5) is 0. The van der Waals surface area contributed by atoms with Crippen molar-refractivity contribution in [3.8, 4) is 0 Å². The zero-order chi connectivity index (χ0) is 9.73. The normalized spacial score (nSPS) is 18.5. The van der Waals surface area contributed by atoms with Crippen molar-refractivity contribution in [2.24, 2.45) is 0 Å². The van der Waals surface area contributed by atoms with Crippen LogP contribution >= 0.6 is 0 Å². The standard InChI is InChI=1S/C11H22OSi/c1-12-13(2,3)10-9-11-7-5-4-6-8-11/h7H,4-6,8-10H2,1-3H3. The molecule has 0 amide bonds. The molecule has 1 rings (SSSR count). The van der Waals surface area contributed by atoms with Gasteiger partial charge in [0.15, 0.2) is 8.32 Å². The van der Waals surface area contributed by atoms with Crippen LogP contribution in [-0.4, -0.2) is 15.4 Å². The summed E-state index contributed by atoms with van der Waals surface area (Å²) in [6, 6.07) is 1.29. The van der Waals surface area contributed by atoms with E-state index in [0.29, 0.717) is 0 Å². The molecule has 0 aliphatic heterocycles. The first-order valence-electron chi connectivity index (χ1n) is 5.37. The van der Waals surface area contributed by atoms with Gasteiger partial charge in [-0.25, -0.2) is 0 Å². The first-order valence-corrected chi connectivity index (χ1v) is 8.49. The maximum absolute atomic E-state index is 5.54. The van der Waals surface area contributed by atoms with Gasteiger partial charge in [0.25, 0.3) is 0 Å². The van der Waals surface area contributed by atoms with Crippen molar-refractivity contribution in [1.82, 2.24) is 0 Å². The van der Waals surface area contributed by atoms with Gasteiger partial charge in [0, 0.05) is 7.11 Å². The molecule has 0 saturated heterocycles. The van der Waals surface area contributed by atoms with Crippen molar-refractivity contribution >= 4 is 8.32 Å². The van der Waals surface area contributed by atoms with Crippen molar-refractivity contribution in [3.63, 3.8) is 0 Å². The molecule has 0 saturated carbocycles. The third-order valence-electron chi connectivity index (χ3n) is 2.99. The van der Waals surface area contributed by atoms with E-state index in [1.165, 1.54) is 38.1 Å². The molecule has 0 radical (unpaired) electrons. The van der Waals surface area contributed by atoms with Crippen LogP contribution in [0, 0.1) is 0 Å². The number of rotatable bonds is 4. The van der Waals surface area contributed by atoms with Crippen LogP contribution in [0.25, 0.3) is 0 Å². The second kappa shape index (κ2) is 4.96. The van der Waals surface area contributed by atoms with Crippen LogP contribution < -0.4 is 0 Å². The highest BCUT2D eigenvalue weighted by Gasteiger charge is 2.20. The molecular weight excluding hydrogens is 176 g/mol. The van der Waals surface area contributed by atoms with E-state index in [2.05, 4.69) is 19.2 Å². The van der Waals surface area contributed by atoms with Crippen LogP contribution in [0.2, 0.25) is 19.1 Å². The molecule has 76 valence electrons. The highest BCUT2D eigenvalue weighted by molar-refractivity contribution is 6.71. The van der Waals surface area contributed by atoms with Gasteiger partial charge in [0.2, 0.25) is 0 Å².